The van der Waals surface area contributed by atoms with Crippen LogP contribution in [-0.2, 0) is 4.79 Å². The number of nitro groups is 1. The van der Waals surface area contributed by atoms with E-state index in [9.17, 15) is 20.2 Å². The molecule has 1 N–H and O–H groups in total. The van der Waals surface area contributed by atoms with Gasteiger partial charge in [0, 0.05) is 33.0 Å². The van der Waals surface area contributed by atoms with Crippen molar-refractivity contribution in [1.29, 1.82) is 5.26 Å². The van der Waals surface area contributed by atoms with Gasteiger partial charge in [0.05, 0.1) is 9.95 Å². The molecule has 144 valence electrons. The largest absolute Gasteiger partial charge is 0.457 e. The molecule has 0 fully saturated rings. The fourth-order valence-electron chi connectivity index (χ4n) is 2.45. The van der Waals surface area contributed by atoms with Gasteiger partial charge in [0.1, 0.15) is 23.2 Å². The van der Waals surface area contributed by atoms with E-state index in [0.29, 0.717) is 17.0 Å². The van der Waals surface area contributed by atoms with Crippen molar-refractivity contribution in [2.45, 2.75) is 0 Å². The molecule has 0 saturated heterocycles. The van der Waals surface area contributed by atoms with Crippen LogP contribution in [0.4, 0.5) is 11.4 Å². The van der Waals surface area contributed by atoms with Gasteiger partial charge in [-0.2, -0.15) is 5.26 Å². The summed E-state index contributed by atoms with van der Waals surface area (Å²) in [5.74, 6) is 0.0519. The van der Waals surface area contributed by atoms with Crippen LogP contribution in [-0.4, -0.2) is 10.8 Å². The number of nitro benzene ring substituents is 1. The summed E-state index contributed by atoms with van der Waals surface area (Å²) in [6.07, 6.45) is 1.31. The first kappa shape index (κ1) is 20.6. The highest BCUT2D eigenvalue weighted by molar-refractivity contribution is 14.1. The lowest BCUT2D eigenvalue weighted by Gasteiger charge is -2.04. The molecular weight excluding hydrogens is 509 g/mol. The highest BCUT2D eigenvalue weighted by atomic mass is 127. The molecule has 0 radical (unpaired) electrons. The van der Waals surface area contributed by atoms with E-state index in [4.69, 9.17) is 16.0 Å². The fourth-order valence-corrected chi connectivity index (χ4v) is 3.26. The molecule has 0 bridgehead atoms. The summed E-state index contributed by atoms with van der Waals surface area (Å²) in [7, 11) is 0. The molecule has 0 aliphatic heterocycles. The Morgan fingerprint density at radius 1 is 1.24 bits per heavy atom. The number of furan rings is 1. The topological polar surface area (TPSA) is 109 Å². The molecular formula is C20H11ClIN3O4. The maximum Gasteiger partial charge on any atom is 0.270 e. The summed E-state index contributed by atoms with van der Waals surface area (Å²) >= 11 is 8.23. The van der Waals surface area contributed by atoms with E-state index >= 15 is 0 Å². The number of hydrogen-bond donors (Lipinski definition) is 1. The summed E-state index contributed by atoms with van der Waals surface area (Å²) in [5, 5.41) is 23.0. The number of nitrogens with one attached hydrogen (secondary N) is 1. The minimum absolute atomic E-state index is 0.135. The molecule has 0 atom stereocenters. The number of nitriles is 1. The lowest BCUT2D eigenvalue weighted by molar-refractivity contribution is -0.384. The van der Waals surface area contributed by atoms with E-state index in [0.717, 1.165) is 3.57 Å². The third-order valence-electron chi connectivity index (χ3n) is 3.79. The summed E-state index contributed by atoms with van der Waals surface area (Å²) in [6.45, 7) is 0. The van der Waals surface area contributed by atoms with Crippen LogP contribution in [0.3, 0.4) is 0 Å². The Bertz CT molecular complexity index is 1180. The van der Waals surface area contributed by atoms with Crippen molar-refractivity contribution in [1.82, 2.24) is 0 Å². The zero-order valence-electron chi connectivity index (χ0n) is 14.6. The highest BCUT2D eigenvalue weighted by Crippen LogP contribution is 2.32. The van der Waals surface area contributed by atoms with E-state index in [1.165, 1.54) is 24.3 Å². The van der Waals surface area contributed by atoms with Crippen molar-refractivity contribution in [2.75, 3.05) is 5.32 Å². The van der Waals surface area contributed by atoms with Gasteiger partial charge in [-0.05, 0) is 59.0 Å². The SMILES string of the molecule is N#C/C(=C\c1ccc(-c2ccc([N+](=O)[O-])cc2Cl)o1)C(=O)Nc1cccc(I)c1. The van der Waals surface area contributed by atoms with Crippen molar-refractivity contribution < 1.29 is 14.1 Å². The van der Waals surface area contributed by atoms with Crippen LogP contribution in [0.2, 0.25) is 5.02 Å². The van der Waals surface area contributed by atoms with E-state index in [-0.39, 0.29) is 22.0 Å². The average molecular weight is 520 g/mol. The summed E-state index contributed by atoms with van der Waals surface area (Å²) in [5.41, 5.74) is 0.753. The van der Waals surface area contributed by atoms with E-state index in [2.05, 4.69) is 27.9 Å². The van der Waals surface area contributed by atoms with Crippen molar-refractivity contribution in [3.05, 3.63) is 84.6 Å². The Morgan fingerprint density at radius 2 is 2.03 bits per heavy atom. The number of rotatable bonds is 5. The average Bonchev–Trinajstić information content (AvgIpc) is 3.14. The molecule has 0 aliphatic carbocycles. The maximum absolute atomic E-state index is 12.4. The smallest absolute Gasteiger partial charge is 0.270 e. The first-order chi connectivity index (χ1) is 13.9. The molecule has 1 amide bonds. The standard InChI is InChI=1S/C20H11ClIN3O4/c21-18-10-15(25(27)28)4-6-17(18)19-7-5-16(29-19)8-12(11-23)20(26)24-14-3-1-2-13(22)9-14/h1-10H,(H,24,26)/b12-8+. The van der Waals surface area contributed by atoms with Crippen LogP contribution in [0.25, 0.3) is 17.4 Å². The molecule has 1 heterocycles. The number of anilines is 1. The predicted molar refractivity (Wildman–Crippen MR) is 117 cm³/mol. The molecule has 0 aliphatic rings. The van der Waals surface area contributed by atoms with Crippen LogP contribution >= 0.6 is 34.2 Å². The van der Waals surface area contributed by atoms with Gasteiger partial charge < -0.3 is 9.73 Å². The Labute approximate surface area is 183 Å². The second kappa shape index (κ2) is 8.89. The number of amides is 1. The van der Waals surface area contributed by atoms with Gasteiger partial charge in [0.15, 0.2) is 0 Å². The van der Waals surface area contributed by atoms with Crippen LogP contribution in [0.1, 0.15) is 5.76 Å². The number of hydrogen-bond acceptors (Lipinski definition) is 5. The lowest BCUT2D eigenvalue weighted by Crippen LogP contribution is -2.13. The third-order valence-corrected chi connectivity index (χ3v) is 4.77. The summed E-state index contributed by atoms with van der Waals surface area (Å²) < 4.78 is 6.58. The van der Waals surface area contributed by atoms with Gasteiger partial charge >= 0.3 is 0 Å². The molecule has 3 rings (SSSR count). The van der Waals surface area contributed by atoms with E-state index in [1.807, 2.05) is 12.1 Å². The minimum Gasteiger partial charge on any atom is -0.457 e. The van der Waals surface area contributed by atoms with Gasteiger partial charge in [-0.1, -0.05) is 17.7 Å². The molecule has 0 unspecified atom stereocenters. The second-order valence-electron chi connectivity index (χ2n) is 5.76. The quantitative estimate of drug-likeness (QED) is 0.154. The lowest BCUT2D eigenvalue weighted by atomic mass is 10.1. The number of non-ortho nitro benzene ring substituents is 1. The highest BCUT2D eigenvalue weighted by Gasteiger charge is 2.15. The molecule has 29 heavy (non-hydrogen) atoms. The number of benzene rings is 2. The summed E-state index contributed by atoms with van der Waals surface area (Å²) in [6, 6.07) is 16.2. The van der Waals surface area contributed by atoms with Gasteiger partial charge in [0.2, 0.25) is 0 Å². The van der Waals surface area contributed by atoms with Crippen LogP contribution < -0.4 is 5.32 Å². The first-order valence-corrected chi connectivity index (χ1v) is 9.56. The molecule has 0 spiro atoms. The van der Waals surface area contributed by atoms with Gasteiger partial charge in [-0.3, -0.25) is 14.9 Å². The molecule has 2 aromatic carbocycles. The molecule has 1 aromatic heterocycles. The normalized spacial score (nSPS) is 11.0. The molecule has 3 aromatic rings. The van der Waals surface area contributed by atoms with Crippen molar-refractivity contribution in [3.8, 4) is 17.4 Å². The van der Waals surface area contributed by atoms with Crippen molar-refractivity contribution in [2.24, 2.45) is 0 Å². The zero-order chi connectivity index (χ0) is 21.0. The molecule has 7 nitrogen and oxygen atoms in total. The minimum atomic E-state index is -0.569. The van der Waals surface area contributed by atoms with E-state index < -0.39 is 10.8 Å². The Balaban J connectivity index is 1.83. The monoisotopic (exact) mass is 519 g/mol. The van der Waals surface area contributed by atoms with Gasteiger partial charge in [0.25, 0.3) is 11.6 Å². The summed E-state index contributed by atoms with van der Waals surface area (Å²) in [4.78, 5) is 22.6. The van der Waals surface area contributed by atoms with Crippen LogP contribution in [0, 0.1) is 25.0 Å². The second-order valence-corrected chi connectivity index (χ2v) is 7.41. The number of halogens is 2. The number of carbonyl (C=O) groups is 1. The van der Waals surface area contributed by atoms with Gasteiger partial charge in [-0.15, -0.1) is 0 Å². The first-order valence-electron chi connectivity index (χ1n) is 8.10. The van der Waals surface area contributed by atoms with Crippen LogP contribution in [0.5, 0.6) is 0 Å². The third kappa shape index (κ3) is 5.01. The molecule has 9 heteroatoms. The number of nitrogens with zero attached hydrogens (tertiary/aromatic N) is 2. The Hall–Kier alpha value is -3.16. The Kier molecular flexibility index (Phi) is 6.31. The maximum atomic E-state index is 12.4. The van der Waals surface area contributed by atoms with E-state index in [1.54, 1.807) is 30.3 Å². The molecule has 0 saturated carbocycles. The zero-order valence-corrected chi connectivity index (χ0v) is 17.5. The fraction of sp³-hybridized carbons (Fsp3) is 0. The Morgan fingerprint density at radius 3 is 2.69 bits per heavy atom. The van der Waals surface area contributed by atoms with Crippen molar-refractivity contribution >= 4 is 57.5 Å². The van der Waals surface area contributed by atoms with Crippen LogP contribution in [0.15, 0.2) is 64.6 Å². The predicted octanol–water partition coefficient (Wildman–Crippen LogP) is 5.66. The van der Waals surface area contributed by atoms with Crippen molar-refractivity contribution in [3.63, 3.8) is 0 Å². The number of carbonyl (C=O) groups excluding carboxylic acids is 1. The van der Waals surface area contributed by atoms with Gasteiger partial charge in [-0.25, -0.2) is 0 Å².